The molecule has 0 aliphatic rings. The second-order valence-corrected chi connectivity index (χ2v) is 6.14. The van der Waals surface area contributed by atoms with Gasteiger partial charge in [-0.25, -0.2) is 0 Å². The Hall–Kier alpha value is -3.28. The average molecular weight is 336 g/mol. The molecule has 128 valence electrons. The van der Waals surface area contributed by atoms with Gasteiger partial charge in [-0.05, 0) is 50.2 Å². The van der Waals surface area contributed by atoms with Gasteiger partial charge in [-0.1, -0.05) is 0 Å². The molecule has 2 aromatic carbocycles. The van der Waals surface area contributed by atoms with Crippen LogP contribution in [0.15, 0.2) is 48.5 Å². The van der Waals surface area contributed by atoms with Crippen molar-refractivity contribution in [1.82, 2.24) is 9.55 Å². The summed E-state index contributed by atoms with van der Waals surface area (Å²) in [5, 5.41) is 12.5. The molecule has 4 aromatic rings. The summed E-state index contributed by atoms with van der Waals surface area (Å²) in [6.45, 7) is 4.02. The minimum atomic E-state index is -0.387. The maximum Gasteiger partial charge on any atom is 0.270 e. The van der Waals surface area contributed by atoms with E-state index in [0.29, 0.717) is 0 Å². The SMILES string of the molecule is Cc1cc2cc(N)ccc2n1C.Cc1cc2cc([N+](=O)[O-])ccc2[nH]1. The molecule has 25 heavy (non-hydrogen) atoms. The van der Waals surface area contributed by atoms with Crippen molar-refractivity contribution in [2.75, 3.05) is 5.73 Å². The minimum absolute atomic E-state index is 0.131. The highest BCUT2D eigenvalue weighted by Crippen LogP contribution is 2.21. The first-order valence-electron chi connectivity index (χ1n) is 7.90. The largest absolute Gasteiger partial charge is 0.399 e. The van der Waals surface area contributed by atoms with Crippen LogP contribution in [0.25, 0.3) is 21.8 Å². The number of nitrogen functional groups attached to an aromatic ring is 1. The number of H-pyrrole nitrogens is 1. The number of rotatable bonds is 1. The van der Waals surface area contributed by atoms with Crippen LogP contribution in [0, 0.1) is 24.0 Å². The van der Waals surface area contributed by atoms with Gasteiger partial charge in [0.2, 0.25) is 0 Å². The van der Waals surface area contributed by atoms with Crippen molar-refractivity contribution in [2.45, 2.75) is 13.8 Å². The number of aromatic amines is 1. The van der Waals surface area contributed by atoms with Crippen molar-refractivity contribution in [2.24, 2.45) is 7.05 Å². The highest BCUT2D eigenvalue weighted by molar-refractivity contribution is 5.84. The number of anilines is 1. The highest BCUT2D eigenvalue weighted by atomic mass is 16.6. The van der Waals surface area contributed by atoms with Crippen LogP contribution in [0.2, 0.25) is 0 Å². The van der Waals surface area contributed by atoms with E-state index < -0.39 is 0 Å². The number of aryl methyl sites for hydroxylation is 3. The smallest absolute Gasteiger partial charge is 0.270 e. The lowest BCUT2D eigenvalue weighted by atomic mass is 10.2. The number of nitro benzene ring substituents is 1. The van der Waals surface area contributed by atoms with Gasteiger partial charge in [-0.3, -0.25) is 10.1 Å². The van der Waals surface area contributed by atoms with E-state index >= 15 is 0 Å². The zero-order valence-electron chi connectivity index (χ0n) is 14.4. The summed E-state index contributed by atoms with van der Waals surface area (Å²) < 4.78 is 2.16. The topological polar surface area (TPSA) is 89.9 Å². The number of benzene rings is 2. The molecule has 0 aliphatic heterocycles. The number of nitrogens with two attached hydrogens (primary N) is 1. The van der Waals surface area contributed by atoms with Crippen LogP contribution >= 0.6 is 0 Å². The fourth-order valence-electron chi connectivity index (χ4n) is 2.88. The maximum absolute atomic E-state index is 10.4. The van der Waals surface area contributed by atoms with E-state index in [2.05, 4.69) is 35.7 Å². The van der Waals surface area contributed by atoms with Crippen molar-refractivity contribution < 1.29 is 4.92 Å². The quantitative estimate of drug-likeness (QED) is 0.305. The summed E-state index contributed by atoms with van der Waals surface area (Å²) in [4.78, 5) is 13.2. The van der Waals surface area contributed by atoms with Crippen molar-refractivity contribution in [1.29, 1.82) is 0 Å². The molecule has 0 radical (unpaired) electrons. The Kier molecular flexibility index (Phi) is 4.19. The molecule has 0 atom stereocenters. The van der Waals surface area contributed by atoms with E-state index in [9.17, 15) is 10.1 Å². The predicted octanol–water partition coefficient (Wildman–Crippen LogP) is 4.45. The summed E-state index contributed by atoms with van der Waals surface area (Å²) in [5.41, 5.74) is 11.1. The lowest BCUT2D eigenvalue weighted by Crippen LogP contribution is -1.89. The van der Waals surface area contributed by atoms with Gasteiger partial charge in [0.05, 0.1) is 4.92 Å². The molecule has 6 heteroatoms. The van der Waals surface area contributed by atoms with Crippen LogP contribution < -0.4 is 5.73 Å². The second-order valence-electron chi connectivity index (χ2n) is 6.14. The molecule has 6 nitrogen and oxygen atoms in total. The third kappa shape index (κ3) is 3.33. The van der Waals surface area contributed by atoms with E-state index in [0.717, 1.165) is 22.3 Å². The Labute approximate surface area is 145 Å². The van der Waals surface area contributed by atoms with Crippen molar-refractivity contribution in [3.05, 3.63) is 70.0 Å². The van der Waals surface area contributed by atoms with Crippen LogP contribution in [-0.2, 0) is 7.05 Å². The first kappa shape index (κ1) is 16.6. The molecular formula is C19H20N4O2. The number of fused-ring (bicyclic) bond motifs is 2. The Balaban J connectivity index is 0.000000146. The van der Waals surface area contributed by atoms with Crippen molar-refractivity contribution in [3.8, 4) is 0 Å². The highest BCUT2D eigenvalue weighted by Gasteiger charge is 2.06. The molecular weight excluding hydrogens is 316 g/mol. The lowest BCUT2D eigenvalue weighted by Gasteiger charge is -1.98. The van der Waals surface area contributed by atoms with E-state index in [1.807, 2.05) is 25.1 Å². The van der Waals surface area contributed by atoms with Gasteiger partial charge in [-0.2, -0.15) is 0 Å². The summed E-state index contributed by atoms with van der Waals surface area (Å²) in [5.74, 6) is 0. The molecule has 0 fully saturated rings. The normalized spacial score (nSPS) is 10.7. The van der Waals surface area contributed by atoms with Gasteiger partial charge in [0.15, 0.2) is 0 Å². The van der Waals surface area contributed by atoms with Crippen LogP contribution in [-0.4, -0.2) is 14.5 Å². The molecule has 0 saturated carbocycles. The monoisotopic (exact) mass is 336 g/mol. The number of nitrogens with zero attached hydrogens (tertiary/aromatic N) is 2. The third-order valence-electron chi connectivity index (χ3n) is 4.26. The Bertz CT molecular complexity index is 1080. The second kappa shape index (κ2) is 6.32. The average Bonchev–Trinajstić information content (AvgIpc) is 3.06. The Morgan fingerprint density at radius 2 is 1.80 bits per heavy atom. The summed E-state index contributed by atoms with van der Waals surface area (Å²) in [7, 11) is 2.06. The molecule has 3 N–H and O–H groups in total. The molecule has 0 spiro atoms. The molecule has 0 bridgehead atoms. The Morgan fingerprint density at radius 1 is 1.04 bits per heavy atom. The first-order valence-corrected chi connectivity index (χ1v) is 7.90. The summed E-state index contributed by atoms with van der Waals surface area (Å²) >= 11 is 0. The molecule has 4 rings (SSSR count). The summed E-state index contributed by atoms with van der Waals surface area (Å²) in [6.07, 6.45) is 0. The number of non-ortho nitro benzene ring substituents is 1. The number of hydrogen-bond acceptors (Lipinski definition) is 3. The van der Waals surface area contributed by atoms with Crippen LogP contribution in [0.4, 0.5) is 11.4 Å². The number of nitro groups is 1. The number of aromatic nitrogens is 2. The maximum atomic E-state index is 10.4. The van der Waals surface area contributed by atoms with Gasteiger partial charge >= 0.3 is 0 Å². The van der Waals surface area contributed by atoms with E-state index in [1.54, 1.807) is 12.1 Å². The zero-order chi connectivity index (χ0) is 18.1. The van der Waals surface area contributed by atoms with Gasteiger partial charge < -0.3 is 15.3 Å². The van der Waals surface area contributed by atoms with Crippen molar-refractivity contribution in [3.63, 3.8) is 0 Å². The number of nitrogens with one attached hydrogen (secondary N) is 1. The standard InChI is InChI=1S/C10H12N2.C9H8N2O2/c1-7-5-8-6-9(11)3-4-10(8)12(7)2;1-6-4-7-5-8(11(12)13)2-3-9(7)10-6/h3-6H,11H2,1-2H3;2-5,10H,1H3. The molecule has 0 amide bonds. The molecule has 0 aliphatic carbocycles. The Morgan fingerprint density at radius 3 is 2.52 bits per heavy atom. The first-order chi connectivity index (χ1) is 11.8. The summed E-state index contributed by atoms with van der Waals surface area (Å²) in [6, 6.07) is 14.8. The van der Waals surface area contributed by atoms with E-state index in [-0.39, 0.29) is 10.6 Å². The van der Waals surface area contributed by atoms with Gasteiger partial charge in [0.25, 0.3) is 5.69 Å². The fourth-order valence-corrected chi connectivity index (χ4v) is 2.88. The molecule has 2 aromatic heterocycles. The fraction of sp³-hybridized carbons (Fsp3) is 0.158. The van der Waals surface area contributed by atoms with Gasteiger partial charge in [0, 0.05) is 58.1 Å². The molecule has 0 saturated heterocycles. The van der Waals surface area contributed by atoms with Crippen LogP contribution in [0.1, 0.15) is 11.4 Å². The van der Waals surface area contributed by atoms with E-state index in [4.69, 9.17) is 5.73 Å². The third-order valence-corrected chi connectivity index (χ3v) is 4.26. The molecule has 0 unspecified atom stereocenters. The molecule has 2 heterocycles. The predicted molar refractivity (Wildman–Crippen MR) is 102 cm³/mol. The van der Waals surface area contributed by atoms with E-state index in [1.165, 1.54) is 22.7 Å². The van der Waals surface area contributed by atoms with Gasteiger partial charge in [-0.15, -0.1) is 0 Å². The zero-order valence-corrected chi connectivity index (χ0v) is 14.4. The lowest BCUT2D eigenvalue weighted by molar-refractivity contribution is -0.384. The number of hydrogen-bond donors (Lipinski definition) is 2. The van der Waals surface area contributed by atoms with Crippen molar-refractivity contribution >= 4 is 33.2 Å². The van der Waals surface area contributed by atoms with Crippen LogP contribution in [0.3, 0.4) is 0 Å². The van der Waals surface area contributed by atoms with Gasteiger partial charge in [0.1, 0.15) is 0 Å². The minimum Gasteiger partial charge on any atom is -0.399 e. The van der Waals surface area contributed by atoms with Crippen LogP contribution in [0.5, 0.6) is 0 Å².